The van der Waals surface area contributed by atoms with Crippen LogP contribution >= 0.6 is 0 Å². The lowest BCUT2D eigenvalue weighted by atomic mass is 9.93. The summed E-state index contributed by atoms with van der Waals surface area (Å²) in [5.74, 6) is 0.396. The quantitative estimate of drug-likeness (QED) is 0.675. The highest BCUT2D eigenvalue weighted by atomic mass is 16.5. The van der Waals surface area contributed by atoms with Crippen molar-refractivity contribution < 1.29 is 9.53 Å². The molecule has 0 bridgehead atoms. The summed E-state index contributed by atoms with van der Waals surface area (Å²) in [6.45, 7) is 10.2. The van der Waals surface area contributed by atoms with E-state index in [4.69, 9.17) is 10.5 Å². The van der Waals surface area contributed by atoms with Crippen LogP contribution in [-0.4, -0.2) is 55.7 Å². The first-order valence-corrected chi connectivity index (χ1v) is 8.16. The highest BCUT2D eigenvalue weighted by Crippen LogP contribution is 2.19. The zero-order valence-corrected chi connectivity index (χ0v) is 14.2. The van der Waals surface area contributed by atoms with Crippen LogP contribution in [0.15, 0.2) is 0 Å². The van der Waals surface area contributed by atoms with Crippen LogP contribution in [0.5, 0.6) is 0 Å². The van der Waals surface area contributed by atoms with Gasteiger partial charge in [-0.15, -0.1) is 0 Å². The maximum Gasteiger partial charge on any atom is 0.237 e. The van der Waals surface area contributed by atoms with Crippen LogP contribution in [0.25, 0.3) is 0 Å². The highest BCUT2D eigenvalue weighted by molar-refractivity contribution is 5.84. The number of carbonyl (C=O) groups excluding carboxylic acids is 1. The maximum atomic E-state index is 11.7. The summed E-state index contributed by atoms with van der Waals surface area (Å²) in [5, 5.41) is 3.31. The molecule has 1 fully saturated rings. The molecule has 1 aliphatic rings. The molecule has 1 rings (SSSR count). The minimum Gasteiger partial charge on any atom is -0.384 e. The van der Waals surface area contributed by atoms with Crippen molar-refractivity contribution in [2.75, 3.05) is 33.4 Å². The van der Waals surface area contributed by atoms with Crippen molar-refractivity contribution in [3.8, 4) is 0 Å². The molecular weight excluding hydrogens is 266 g/mol. The van der Waals surface area contributed by atoms with Gasteiger partial charge in [-0.1, -0.05) is 0 Å². The number of ether oxygens (including phenoxy) is 1. The number of amides is 1. The summed E-state index contributed by atoms with van der Waals surface area (Å²) in [6, 6.07) is 0.253. The molecule has 3 N–H and O–H groups in total. The van der Waals surface area contributed by atoms with Crippen LogP contribution < -0.4 is 11.1 Å². The van der Waals surface area contributed by atoms with Crippen LogP contribution in [0.1, 0.15) is 46.5 Å². The largest absolute Gasteiger partial charge is 0.384 e. The third-order valence-corrected chi connectivity index (χ3v) is 4.31. The lowest BCUT2D eigenvalue weighted by Gasteiger charge is -2.34. The predicted octanol–water partition coefficient (Wildman–Crippen LogP) is 1.37. The molecule has 5 nitrogen and oxygen atoms in total. The number of nitrogens with zero attached hydrogens (tertiary/aromatic N) is 1. The molecule has 0 aromatic rings. The summed E-state index contributed by atoms with van der Waals surface area (Å²) >= 11 is 0. The Morgan fingerprint density at radius 1 is 1.52 bits per heavy atom. The maximum absolute atomic E-state index is 11.7. The summed E-state index contributed by atoms with van der Waals surface area (Å²) in [7, 11) is 1.77. The first-order chi connectivity index (χ1) is 9.87. The molecule has 5 heteroatoms. The van der Waals surface area contributed by atoms with Gasteiger partial charge in [-0.2, -0.15) is 0 Å². The van der Waals surface area contributed by atoms with Crippen molar-refractivity contribution in [2.45, 2.75) is 58.0 Å². The van der Waals surface area contributed by atoms with Gasteiger partial charge in [0.1, 0.15) is 0 Å². The van der Waals surface area contributed by atoms with Gasteiger partial charge in [0, 0.05) is 19.7 Å². The zero-order valence-electron chi connectivity index (χ0n) is 14.2. The van der Waals surface area contributed by atoms with Gasteiger partial charge in [-0.3, -0.25) is 4.79 Å². The highest BCUT2D eigenvalue weighted by Gasteiger charge is 2.31. The van der Waals surface area contributed by atoms with Crippen LogP contribution in [0.4, 0.5) is 0 Å². The first-order valence-electron chi connectivity index (χ1n) is 8.16. The van der Waals surface area contributed by atoms with Crippen molar-refractivity contribution in [1.29, 1.82) is 0 Å². The molecule has 0 aromatic heterocycles. The van der Waals surface area contributed by atoms with Gasteiger partial charge in [0.2, 0.25) is 5.91 Å². The van der Waals surface area contributed by atoms with Crippen LogP contribution in [0.2, 0.25) is 0 Å². The molecule has 1 aliphatic heterocycles. The molecule has 1 saturated heterocycles. The van der Waals surface area contributed by atoms with Crippen molar-refractivity contribution in [1.82, 2.24) is 10.2 Å². The van der Waals surface area contributed by atoms with E-state index in [1.165, 1.54) is 12.8 Å². The molecule has 0 radical (unpaired) electrons. The molecule has 1 amide bonds. The number of rotatable bonds is 9. The smallest absolute Gasteiger partial charge is 0.237 e. The van der Waals surface area contributed by atoms with Gasteiger partial charge in [0.05, 0.1) is 12.1 Å². The van der Waals surface area contributed by atoms with E-state index < -0.39 is 5.54 Å². The molecule has 0 aromatic carbocycles. The second kappa shape index (κ2) is 8.71. The zero-order chi connectivity index (χ0) is 15.9. The van der Waals surface area contributed by atoms with Gasteiger partial charge < -0.3 is 20.7 Å². The fourth-order valence-corrected chi connectivity index (χ4v) is 3.29. The number of hydrogen-bond acceptors (Lipinski definition) is 4. The molecule has 2 atom stereocenters. The third-order valence-electron chi connectivity index (χ3n) is 4.31. The van der Waals surface area contributed by atoms with Crippen molar-refractivity contribution in [3.63, 3.8) is 0 Å². The third kappa shape index (κ3) is 6.32. The number of piperidine rings is 1. The Bertz CT molecular complexity index is 321. The Balaban J connectivity index is 2.38. The Morgan fingerprint density at radius 2 is 2.24 bits per heavy atom. The van der Waals surface area contributed by atoms with E-state index in [-0.39, 0.29) is 11.9 Å². The second-order valence-electron chi connectivity index (χ2n) is 6.86. The van der Waals surface area contributed by atoms with E-state index in [9.17, 15) is 4.79 Å². The summed E-state index contributed by atoms with van der Waals surface area (Å²) in [5.41, 5.74) is 4.97. The van der Waals surface area contributed by atoms with E-state index >= 15 is 0 Å². The predicted molar refractivity (Wildman–Crippen MR) is 86.1 cm³/mol. The summed E-state index contributed by atoms with van der Waals surface area (Å²) in [6.07, 6.45) is 4.27. The molecule has 0 saturated carbocycles. The minimum absolute atomic E-state index is 0.253. The molecule has 1 heterocycles. The van der Waals surface area contributed by atoms with E-state index in [0.29, 0.717) is 5.92 Å². The fourth-order valence-electron chi connectivity index (χ4n) is 3.29. The number of likely N-dealkylation sites (tertiary alicyclic amines) is 1. The Labute approximate surface area is 129 Å². The van der Waals surface area contributed by atoms with E-state index in [1.807, 2.05) is 20.8 Å². The van der Waals surface area contributed by atoms with Gasteiger partial charge in [0.15, 0.2) is 0 Å². The van der Waals surface area contributed by atoms with Crippen LogP contribution in [0.3, 0.4) is 0 Å². The van der Waals surface area contributed by atoms with Gasteiger partial charge in [0.25, 0.3) is 0 Å². The minimum atomic E-state index is -0.601. The molecule has 0 aliphatic carbocycles. The number of nitrogens with two attached hydrogens (primary N) is 1. The van der Waals surface area contributed by atoms with Crippen LogP contribution in [0, 0.1) is 5.92 Å². The number of nitrogens with one attached hydrogen (secondary N) is 1. The molecule has 2 unspecified atom stereocenters. The lowest BCUT2D eigenvalue weighted by molar-refractivity contribution is -0.124. The molecular formula is C16H33N3O2. The van der Waals surface area contributed by atoms with Gasteiger partial charge in [-0.05, 0) is 65.5 Å². The number of primary amides is 1. The molecule has 124 valence electrons. The van der Waals surface area contributed by atoms with Gasteiger partial charge in [-0.25, -0.2) is 0 Å². The summed E-state index contributed by atoms with van der Waals surface area (Å²) in [4.78, 5) is 14.2. The number of carbonyl (C=O) groups is 1. The monoisotopic (exact) mass is 299 g/mol. The lowest BCUT2D eigenvalue weighted by Crippen LogP contribution is -2.55. The van der Waals surface area contributed by atoms with Crippen molar-refractivity contribution >= 4 is 5.91 Å². The topological polar surface area (TPSA) is 67.6 Å². The first kappa shape index (κ1) is 18.4. The standard InChI is InChI=1S/C16H33N3O2/c1-13(2)18-16(3,15(17)20)8-6-10-19-9-5-7-14(11-19)12-21-4/h13-14,18H,5-12H2,1-4H3,(H2,17,20). The second-order valence-corrected chi connectivity index (χ2v) is 6.86. The number of hydrogen-bond donors (Lipinski definition) is 2. The average molecular weight is 299 g/mol. The Hall–Kier alpha value is -0.650. The Kier molecular flexibility index (Phi) is 7.63. The molecule has 21 heavy (non-hydrogen) atoms. The average Bonchev–Trinajstić information content (AvgIpc) is 2.38. The fraction of sp³-hybridized carbons (Fsp3) is 0.938. The van der Waals surface area contributed by atoms with E-state index in [0.717, 1.165) is 39.1 Å². The van der Waals surface area contributed by atoms with Crippen molar-refractivity contribution in [2.24, 2.45) is 11.7 Å². The van der Waals surface area contributed by atoms with E-state index in [2.05, 4.69) is 10.2 Å². The van der Waals surface area contributed by atoms with Crippen LogP contribution in [-0.2, 0) is 9.53 Å². The summed E-state index contributed by atoms with van der Waals surface area (Å²) < 4.78 is 5.27. The molecule has 0 spiro atoms. The Morgan fingerprint density at radius 3 is 2.81 bits per heavy atom. The number of methoxy groups -OCH3 is 1. The normalized spacial score (nSPS) is 23.2. The van der Waals surface area contributed by atoms with E-state index in [1.54, 1.807) is 7.11 Å². The van der Waals surface area contributed by atoms with Crippen molar-refractivity contribution in [3.05, 3.63) is 0 Å². The van der Waals surface area contributed by atoms with Gasteiger partial charge >= 0.3 is 0 Å². The SMILES string of the molecule is COCC1CCCN(CCCC(C)(NC(C)C)C(N)=O)C1.